The number of nitrogens with zero attached hydrogens (tertiary/aromatic N) is 3. The number of aryl methyl sites for hydroxylation is 1. The standard InChI is InChI=1S/C24H33N5O4S/c1-13(16-7-9-17(10-8-16)20-14(2)27-28-34-20)25-22(32)19-11-18(31)12-29(19)23(33)21(24(4,5)6)26-15(3)30/h7-10,13,18-19,21,31H,11-12H2,1-6H3,(H,25,32)(H,26,30)/t13-,18+,19-,21?/m0/s1. The summed E-state index contributed by atoms with van der Waals surface area (Å²) in [6.45, 7) is 10.7. The Bertz CT molecular complexity index is 1050. The van der Waals surface area contributed by atoms with Crippen LogP contribution < -0.4 is 10.6 Å². The molecule has 3 N–H and O–H groups in total. The van der Waals surface area contributed by atoms with Crippen molar-refractivity contribution < 1.29 is 19.5 Å². The second-order valence-corrected chi connectivity index (χ2v) is 10.7. The smallest absolute Gasteiger partial charge is 0.246 e. The first-order chi connectivity index (χ1) is 15.9. The van der Waals surface area contributed by atoms with Crippen LogP contribution in [0.5, 0.6) is 0 Å². The maximum atomic E-state index is 13.3. The first-order valence-electron chi connectivity index (χ1n) is 11.3. The summed E-state index contributed by atoms with van der Waals surface area (Å²) in [6.07, 6.45) is -0.652. The van der Waals surface area contributed by atoms with Gasteiger partial charge in [-0.25, -0.2) is 0 Å². The van der Waals surface area contributed by atoms with E-state index in [9.17, 15) is 19.5 Å². The fourth-order valence-corrected chi connectivity index (χ4v) is 4.79. The number of carbonyl (C=O) groups is 3. The molecule has 1 aliphatic rings. The molecule has 0 aliphatic carbocycles. The molecule has 2 aromatic rings. The highest BCUT2D eigenvalue weighted by Crippen LogP contribution is 2.28. The second-order valence-electron chi connectivity index (χ2n) is 9.94. The number of hydrogen-bond donors (Lipinski definition) is 3. The monoisotopic (exact) mass is 487 g/mol. The number of benzene rings is 1. The molecule has 1 unspecified atom stereocenters. The van der Waals surface area contributed by atoms with Crippen LogP contribution in [0.15, 0.2) is 24.3 Å². The van der Waals surface area contributed by atoms with Gasteiger partial charge in [-0.15, -0.1) is 5.10 Å². The van der Waals surface area contributed by atoms with Gasteiger partial charge >= 0.3 is 0 Å². The molecule has 10 heteroatoms. The molecule has 0 spiro atoms. The van der Waals surface area contributed by atoms with Gasteiger partial charge in [0.05, 0.1) is 22.7 Å². The van der Waals surface area contributed by atoms with E-state index in [-0.39, 0.29) is 36.7 Å². The van der Waals surface area contributed by atoms with E-state index >= 15 is 0 Å². The van der Waals surface area contributed by atoms with Crippen molar-refractivity contribution in [1.29, 1.82) is 0 Å². The van der Waals surface area contributed by atoms with Gasteiger partial charge in [0.1, 0.15) is 12.1 Å². The second kappa shape index (κ2) is 10.2. The third-order valence-corrected chi connectivity index (χ3v) is 6.89. The molecule has 9 nitrogen and oxygen atoms in total. The van der Waals surface area contributed by atoms with Crippen LogP contribution in [0.25, 0.3) is 10.4 Å². The van der Waals surface area contributed by atoms with Crippen molar-refractivity contribution in [1.82, 2.24) is 25.1 Å². The van der Waals surface area contributed by atoms with E-state index < -0.39 is 23.6 Å². The van der Waals surface area contributed by atoms with Crippen molar-refractivity contribution in [2.24, 2.45) is 5.41 Å². The van der Waals surface area contributed by atoms with Gasteiger partial charge < -0.3 is 20.6 Å². The molecule has 1 aromatic heterocycles. The Kier molecular flexibility index (Phi) is 7.72. The SMILES string of the molecule is CC(=O)NC(C(=O)N1C[C@H](O)C[C@H]1C(=O)N[C@@H](C)c1ccc(-c2snnc2C)cc1)C(C)(C)C. The van der Waals surface area contributed by atoms with Crippen LogP contribution in [0.3, 0.4) is 0 Å². The first kappa shape index (κ1) is 25.8. The van der Waals surface area contributed by atoms with Gasteiger partial charge in [-0.1, -0.05) is 49.5 Å². The highest BCUT2D eigenvalue weighted by atomic mass is 32.1. The highest BCUT2D eigenvalue weighted by Gasteiger charge is 2.44. The van der Waals surface area contributed by atoms with Crippen LogP contribution in [0.4, 0.5) is 0 Å². The number of aliphatic hydroxyl groups excluding tert-OH is 1. The van der Waals surface area contributed by atoms with Gasteiger partial charge in [0.2, 0.25) is 17.7 Å². The van der Waals surface area contributed by atoms with Gasteiger partial charge in [-0.3, -0.25) is 14.4 Å². The summed E-state index contributed by atoms with van der Waals surface area (Å²) in [6, 6.07) is 5.91. The maximum Gasteiger partial charge on any atom is 0.246 e. The van der Waals surface area contributed by atoms with Crippen LogP contribution in [0, 0.1) is 12.3 Å². The van der Waals surface area contributed by atoms with Crippen molar-refractivity contribution >= 4 is 29.3 Å². The third kappa shape index (κ3) is 5.79. The van der Waals surface area contributed by atoms with Gasteiger partial charge in [-0.05, 0) is 41.9 Å². The number of carbonyl (C=O) groups excluding carboxylic acids is 3. The predicted octanol–water partition coefficient (Wildman–Crippen LogP) is 2.20. The summed E-state index contributed by atoms with van der Waals surface area (Å²) in [5, 5.41) is 20.0. The Morgan fingerprint density at radius 3 is 2.35 bits per heavy atom. The Morgan fingerprint density at radius 1 is 1.18 bits per heavy atom. The van der Waals surface area contributed by atoms with E-state index in [0.29, 0.717) is 0 Å². The van der Waals surface area contributed by atoms with Crippen molar-refractivity contribution in [3.05, 3.63) is 35.5 Å². The minimum Gasteiger partial charge on any atom is -0.391 e. The zero-order chi connectivity index (χ0) is 25.2. The third-order valence-electron chi connectivity index (χ3n) is 6.01. The number of aromatic nitrogens is 2. The van der Waals surface area contributed by atoms with Crippen LogP contribution >= 0.6 is 11.5 Å². The zero-order valence-electron chi connectivity index (χ0n) is 20.5. The van der Waals surface area contributed by atoms with E-state index in [1.54, 1.807) is 0 Å². The minimum atomic E-state index is -0.811. The predicted molar refractivity (Wildman–Crippen MR) is 130 cm³/mol. The summed E-state index contributed by atoms with van der Waals surface area (Å²) in [5.74, 6) is -1.03. The minimum absolute atomic E-state index is 0.0500. The lowest BCUT2D eigenvalue weighted by atomic mass is 9.85. The summed E-state index contributed by atoms with van der Waals surface area (Å²) >= 11 is 1.34. The Hall–Kier alpha value is -2.85. The molecule has 1 aliphatic heterocycles. The van der Waals surface area contributed by atoms with E-state index in [2.05, 4.69) is 20.2 Å². The molecule has 4 atom stereocenters. The first-order valence-corrected chi connectivity index (χ1v) is 12.1. The Morgan fingerprint density at radius 2 is 1.82 bits per heavy atom. The van der Waals surface area contributed by atoms with Gasteiger partial charge in [0, 0.05) is 19.9 Å². The lowest BCUT2D eigenvalue weighted by Gasteiger charge is -2.35. The molecule has 1 saturated heterocycles. The summed E-state index contributed by atoms with van der Waals surface area (Å²) in [4.78, 5) is 40.6. The van der Waals surface area contributed by atoms with E-state index in [4.69, 9.17) is 0 Å². The van der Waals surface area contributed by atoms with Gasteiger partial charge in [0.15, 0.2) is 0 Å². The van der Waals surface area contributed by atoms with Crippen molar-refractivity contribution in [3.8, 4) is 10.4 Å². The van der Waals surface area contributed by atoms with E-state index in [0.717, 1.165) is 21.7 Å². The number of rotatable bonds is 6. The molecule has 184 valence electrons. The molecular weight excluding hydrogens is 454 g/mol. The fourth-order valence-electron chi connectivity index (χ4n) is 4.14. The van der Waals surface area contributed by atoms with Crippen LogP contribution in [0.1, 0.15) is 58.3 Å². The zero-order valence-corrected chi connectivity index (χ0v) is 21.3. The summed E-state index contributed by atoms with van der Waals surface area (Å²) in [7, 11) is 0. The molecule has 3 rings (SSSR count). The number of aliphatic hydroxyl groups is 1. The van der Waals surface area contributed by atoms with Gasteiger partial charge in [0.25, 0.3) is 0 Å². The molecular formula is C24H33N5O4S. The summed E-state index contributed by atoms with van der Waals surface area (Å²) < 4.78 is 3.97. The van der Waals surface area contributed by atoms with E-state index in [1.807, 2.05) is 58.9 Å². The number of likely N-dealkylation sites (tertiary alicyclic amines) is 1. The normalized spacial score (nSPS) is 20.0. The van der Waals surface area contributed by atoms with Crippen LogP contribution in [-0.4, -0.2) is 62.0 Å². The van der Waals surface area contributed by atoms with E-state index in [1.165, 1.54) is 23.4 Å². The number of hydrogen-bond acceptors (Lipinski definition) is 7. The highest BCUT2D eigenvalue weighted by molar-refractivity contribution is 7.09. The van der Waals surface area contributed by atoms with Crippen LogP contribution in [0.2, 0.25) is 0 Å². The lowest BCUT2D eigenvalue weighted by Crippen LogP contribution is -2.57. The quantitative estimate of drug-likeness (QED) is 0.574. The average molecular weight is 488 g/mol. The largest absolute Gasteiger partial charge is 0.391 e. The van der Waals surface area contributed by atoms with Crippen LogP contribution in [-0.2, 0) is 14.4 Å². The molecule has 3 amide bonds. The molecule has 2 heterocycles. The molecule has 0 radical (unpaired) electrons. The number of nitrogens with one attached hydrogen (secondary N) is 2. The van der Waals surface area contributed by atoms with Crippen molar-refractivity contribution in [3.63, 3.8) is 0 Å². The van der Waals surface area contributed by atoms with Crippen molar-refractivity contribution in [2.45, 2.75) is 72.2 Å². The summed E-state index contributed by atoms with van der Waals surface area (Å²) in [5.41, 5.74) is 2.24. The maximum absolute atomic E-state index is 13.3. The molecule has 0 saturated carbocycles. The Balaban J connectivity index is 1.72. The van der Waals surface area contributed by atoms with Crippen molar-refractivity contribution in [2.75, 3.05) is 6.54 Å². The fraction of sp³-hybridized carbons (Fsp3) is 0.542. The average Bonchev–Trinajstić information content (AvgIpc) is 3.36. The Labute approximate surface area is 204 Å². The molecule has 0 bridgehead atoms. The molecule has 1 fully saturated rings. The molecule has 34 heavy (non-hydrogen) atoms. The molecule has 1 aromatic carbocycles. The van der Waals surface area contributed by atoms with Gasteiger partial charge in [-0.2, -0.15) is 0 Å². The number of amides is 3. The lowest BCUT2D eigenvalue weighted by molar-refractivity contribution is -0.144. The topological polar surface area (TPSA) is 125 Å². The number of β-amino-alcohol motifs (C(OH)–C–C–N with tert-alkyl or cyclic N) is 1.